The third kappa shape index (κ3) is 5.43. The van der Waals surface area contributed by atoms with Gasteiger partial charge in [-0.1, -0.05) is 42.0 Å². The number of carbonyl (C=O) groups is 2. The van der Waals surface area contributed by atoms with E-state index in [0.29, 0.717) is 22.6 Å². The number of nitrogens with one attached hydrogen (secondary N) is 1. The maximum absolute atomic E-state index is 12.4. The average molecular weight is 396 g/mol. The molecule has 148 valence electrons. The molecule has 0 fully saturated rings. The highest BCUT2D eigenvalue weighted by Crippen LogP contribution is 2.17. The quantitative estimate of drug-likeness (QED) is 0.283. The van der Waals surface area contributed by atoms with Crippen molar-refractivity contribution in [2.75, 3.05) is 5.32 Å². The first-order valence-electron chi connectivity index (χ1n) is 9.33. The highest BCUT2D eigenvalue weighted by molar-refractivity contribution is 6.09. The first kappa shape index (κ1) is 20.6. The van der Waals surface area contributed by atoms with E-state index in [0.717, 1.165) is 11.1 Å². The molecule has 0 bridgehead atoms. The minimum absolute atomic E-state index is 0.0269. The molecule has 1 N–H and O–H groups in total. The summed E-state index contributed by atoms with van der Waals surface area (Å²) in [7, 11) is 0. The van der Waals surface area contributed by atoms with Gasteiger partial charge < -0.3 is 10.1 Å². The Morgan fingerprint density at radius 1 is 0.933 bits per heavy atom. The summed E-state index contributed by atoms with van der Waals surface area (Å²) in [5.74, 6) is -0.563. The van der Waals surface area contributed by atoms with E-state index in [4.69, 9.17) is 4.74 Å². The maximum atomic E-state index is 12.4. The number of carbonyl (C=O) groups excluding carboxylic acids is 2. The van der Waals surface area contributed by atoms with Gasteiger partial charge in [0.2, 0.25) is 0 Å². The van der Waals surface area contributed by atoms with Crippen molar-refractivity contribution in [2.45, 2.75) is 13.8 Å². The van der Waals surface area contributed by atoms with Crippen LogP contribution in [0.25, 0.3) is 6.08 Å². The zero-order chi connectivity index (χ0) is 21.5. The number of benzene rings is 3. The standard InChI is InChI=1S/C25H20N2O3/c1-17-6-10-20(11-7-17)25(29)30-23-12-8-19(9-13-23)15-21(16-26)24(28)27-22-5-3-4-18(2)14-22/h3-15H,1-2H3,(H,27,28)/b21-15-. The lowest BCUT2D eigenvalue weighted by Crippen LogP contribution is -2.13. The van der Waals surface area contributed by atoms with Crippen LogP contribution >= 0.6 is 0 Å². The first-order chi connectivity index (χ1) is 14.4. The highest BCUT2D eigenvalue weighted by atomic mass is 16.5. The molecule has 0 aliphatic rings. The fourth-order valence-corrected chi connectivity index (χ4v) is 2.72. The Kier molecular flexibility index (Phi) is 6.41. The maximum Gasteiger partial charge on any atom is 0.343 e. The summed E-state index contributed by atoms with van der Waals surface area (Å²) in [4.78, 5) is 24.6. The van der Waals surface area contributed by atoms with Crippen molar-refractivity contribution < 1.29 is 14.3 Å². The minimum atomic E-state index is -0.488. The van der Waals surface area contributed by atoms with Crippen LogP contribution in [-0.4, -0.2) is 11.9 Å². The lowest BCUT2D eigenvalue weighted by atomic mass is 10.1. The topological polar surface area (TPSA) is 79.2 Å². The molecule has 0 aliphatic heterocycles. The van der Waals surface area contributed by atoms with E-state index in [1.165, 1.54) is 6.08 Å². The minimum Gasteiger partial charge on any atom is -0.423 e. The monoisotopic (exact) mass is 396 g/mol. The molecule has 0 spiro atoms. The van der Waals surface area contributed by atoms with Crippen LogP contribution in [0.2, 0.25) is 0 Å². The van der Waals surface area contributed by atoms with Gasteiger partial charge in [0, 0.05) is 5.69 Å². The van der Waals surface area contributed by atoms with Crippen molar-refractivity contribution in [3.8, 4) is 11.8 Å². The van der Waals surface area contributed by atoms with E-state index >= 15 is 0 Å². The molecular weight excluding hydrogens is 376 g/mol. The van der Waals surface area contributed by atoms with Gasteiger partial charge in [0.05, 0.1) is 5.56 Å². The Hall–Kier alpha value is -4.17. The van der Waals surface area contributed by atoms with Gasteiger partial charge >= 0.3 is 5.97 Å². The molecule has 0 saturated carbocycles. The van der Waals surface area contributed by atoms with Crippen LogP contribution in [-0.2, 0) is 4.79 Å². The summed E-state index contributed by atoms with van der Waals surface area (Å²) in [5.41, 5.74) is 3.76. The number of rotatable bonds is 5. The van der Waals surface area contributed by atoms with Crippen LogP contribution in [0.15, 0.2) is 78.4 Å². The van der Waals surface area contributed by atoms with Crippen LogP contribution in [0.3, 0.4) is 0 Å². The molecule has 0 aliphatic carbocycles. The number of nitrogens with zero attached hydrogens (tertiary/aromatic N) is 1. The molecule has 0 atom stereocenters. The largest absolute Gasteiger partial charge is 0.423 e. The molecule has 5 nitrogen and oxygen atoms in total. The number of ether oxygens (including phenoxy) is 1. The number of hydrogen-bond donors (Lipinski definition) is 1. The summed E-state index contributed by atoms with van der Waals surface area (Å²) >= 11 is 0. The van der Waals surface area contributed by atoms with Gasteiger partial charge in [0.25, 0.3) is 5.91 Å². The van der Waals surface area contributed by atoms with Gasteiger partial charge in [-0.3, -0.25) is 4.79 Å². The van der Waals surface area contributed by atoms with Gasteiger partial charge in [0.15, 0.2) is 0 Å². The van der Waals surface area contributed by atoms with Crippen molar-refractivity contribution in [2.24, 2.45) is 0 Å². The summed E-state index contributed by atoms with van der Waals surface area (Å²) in [5, 5.41) is 12.1. The van der Waals surface area contributed by atoms with Crippen molar-refractivity contribution in [3.05, 3.63) is 101 Å². The van der Waals surface area contributed by atoms with E-state index in [1.54, 1.807) is 42.5 Å². The second-order valence-electron chi connectivity index (χ2n) is 6.82. The third-order valence-corrected chi connectivity index (χ3v) is 4.33. The van der Waals surface area contributed by atoms with E-state index in [9.17, 15) is 14.9 Å². The molecule has 0 saturated heterocycles. The number of esters is 1. The van der Waals surface area contributed by atoms with Crippen LogP contribution in [0.5, 0.6) is 5.75 Å². The van der Waals surface area contributed by atoms with Crippen molar-refractivity contribution in [1.29, 1.82) is 5.26 Å². The summed E-state index contributed by atoms with van der Waals surface area (Å²) in [6, 6.07) is 22.9. The smallest absolute Gasteiger partial charge is 0.343 e. The summed E-state index contributed by atoms with van der Waals surface area (Å²) < 4.78 is 5.36. The van der Waals surface area contributed by atoms with Crippen molar-refractivity contribution in [1.82, 2.24) is 0 Å². The van der Waals surface area contributed by atoms with Gasteiger partial charge in [0.1, 0.15) is 17.4 Å². The molecule has 0 unspecified atom stereocenters. The Bertz CT molecular complexity index is 1140. The zero-order valence-corrected chi connectivity index (χ0v) is 16.7. The van der Waals surface area contributed by atoms with Gasteiger partial charge in [-0.25, -0.2) is 4.79 Å². The second kappa shape index (κ2) is 9.35. The predicted molar refractivity (Wildman–Crippen MR) is 116 cm³/mol. The van der Waals surface area contributed by atoms with Crippen LogP contribution in [0.1, 0.15) is 27.0 Å². The lowest BCUT2D eigenvalue weighted by Gasteiger charge is -2.06. The lowest BCUT2D eigenvalue weighted by molar-refractivity contribution is -0.112. The van der Waals surface area contributed by atoms with Gasteiger partial charge in [-0.15, -0.1) is 0 Å². The van der Waals surface area contributed by atoms with Crippen LogP contribution < -0.4 is 10.1 Å². The molecular formula is C25H20N2O3. The molecule has 5 heteroatoms. The molecule has 0 heterocycles. The Labute approximate surface area is 175 Å². The van der Waals surface area contributed by atoms with Gasteiger partial charge in [-0.05, 0) is 67.4 Å². The first-order valence-corrected chi connectivity index (χ1v) is 9.33. The fraction of sp³-hybridized carbons (Fsp3) is 0.0800. The predicted octanol–water partition coefficient (Wildman–Crippen LogP) is 5.07. The number of amides is 1. The van der Waals surface area contributed by atoms with Crippen molar-refractivity contribution >= 4 is 23.6 Å². The van der Waals surface area contributed by atoms with E-state index in [1.807, 2.05) is 50.2 Å². The molecule has 3 aromatic rings. The Morgan fingerprint density at radius 3 is 2.27 bits per heavy atom. The second-order valence-corrected chi connectivity index (χ2v) is 6.82. The normalized spacial score (nSPS) is 10.8. The van der Waals surface area contributed by atoms with E-state index in [-0.39, 0.29) is 5.57 Å². The molecule has 0 radical (unpaired) electrons. The SMILES string of the molecule is Cc1ccc(C(=O)Oc2ccc(/C=C(/C#N)C(=O)Nc3cccc(C)c3)cc2)cc1. The number of nitriles is 1. The molecule has 30 heavy (non-hydrogen) atoms. The summed E-state index contributed by atoms with van der Waals surface area (Å²) in [6.45, 7) is 3.86. The average Bonchev–Trinajstić information content (AvgIpc) is 2.73. The Balaban J connectivity index is 1.68. The van der Waals surface area contributed by atoms with Crippen LogP contribution in [0.4, 0.5) is 5.69 Å². The number of hydrogen-bond acceptors (Lipinski definition) is 4. The highest BCUT2D eigenvalue weighted by Gasteiger charge is 2.11. The molecule has 3 aromatic carbocycles. The summed E-state index contributed by atoms with van der Waals surface area (Å²) in [6.07, 6.45) is 1.48. The van der Waals surface area contributed by atoms with Crippen LogP contribution in [0, 0.1) is 25.2 Å². The Morgan fingerprint density at radius 2 is 1.63 bits per heavy atom. The van der Waals surface area contributed by atoms with Gasteiger partial charge in [-0.2, -0.15) is 5.26 Å². The molecule has 0 aromatic heterocycles. The van der Waals surface area contributed by atoms with Crippen molar-refractivity contribution in [3.63, 3.8) is 0 Å². The molecule has 1 amide bonds. The van der Waals surface area contributed by atoms with E-state index in [2.05, 4.69) is 5.32 Å². The zero-order valence-electron chi connectivity index (χ0n) is 16.7. The third-order valence-electron chi connectivity index (χ3n) is 4.33. The number of anilines is 1. The molecule has 3 rings (SSSR count). The van der Waals surface area contributed by atoms with E-state index < -0.39 is 11.9 Å². The fourth-order valence-electron chi connectivity index (χ4n) is 2.72. The number of aryl methyl sites for hydroxylation is 2.